The van der Waals surface area contributed by atoms with Crippen LogP contribution in [-0.2, 0) is 11.4 Å². The molecule has 7 heteroatoms. The third-order valence-electron chi connectivity index (χ3n) is 4.84. The van der Waals surface area contributed by atoms with Gasteiger partial charge in [-0.2, -0.15) is 5.26 Å². The van der Waals surface area contributed by atoms with E-state index in [0.29, 0.717) is 48.3 Å². The van der Waals surface area contributed by atoms with Crippen molar-refractivity contribution in [2.24, 2.45) is 0 Å². The molecule has 3 rings (SSSR count). The van der Waals surface area contributed by atoms with Crippen LogP contribution >= 0.6 is 15.9 Å². The molecule has 0 aromatic heterocycles. The lowest BCUT2D eigenvalue weighted by atomic mass is 10.1. The maximum atomic E-state index is 12.7. The summed E-state index contributed by atoms with van der Waals surface area (Å²) in [4.78, 5) is 12.7. The van der Waals surface area contributed by atoms with Gasteiger partial charge < -0.3 is 19.5 Å². The molecule has 3 aromatic rings. The zero-order chi connectivity index (χ0) is 25.0. The van der Waals surface area contributed by atoms with Crippen molar-refractivity contribution in [3.05, 3.63) is 87.9 Å². The molecule has 0 aliphatic heterocycles. The molecule has 0 radical (unpaired) electrons. The Balaban J connectivity index is 1.65. The Morgan fingerprint density at radius 1 is 0.971 bits per heavy atom. The van der Waals surface area contributed by atoms with Crippen LogP contribution in [0.1, 0.15) is 31.4 Å². The summed E-state index contributed by atoms with van der Waals surface area (Å²) in [5, 5.41) is 12.3. The first-order chi connectivity index (χ1) is 17.0. The first-order valence-corrected chi connectivity index (χ1v) is 12.1. The highest BCUT2D eigenvalue weighted by Gasteiger charge is 2.12. The van der Waals surface area contributed by atoms with Crippen molar-refractivity contribution in [1.82, 2.24) is 0 Å². The van der Waals surface area contributed by atoms with Gasteiger partial charge in [-0.05, 0) is 79.1 Å². The normalized spacial score (nSPS) is 10.9. The van der Waals surface area contributed by atoms with Crippen LogP contribution in [0.25, 0.3) is 6.08 Å². The van der Waals surface area contributed by atoms with Crippen LogP contribution < -0.4 is 19.5 Å². The average Bonchev–Trinajstić information content (AvgIpc) is 2.87. The van der Waals surface area contributed by atoms with E-state index in [-0.39, 0.29) is 5.57 Å². The van der Waals surface area contributed by atoms with Crippen LogP contribution in [0.3, 0.4) is 0 Å². The van der Waals surface area contributed by atoms with Crippen molar-refractivity contribution in [2.75, 3.05) is 18.5 Å². The fraction of sp³-hybridized carbons (Fsp3) is 0.214. The summed E-state index contributed by atoms with van der Waals surface area (Å²) in [5.41, 5.74) is 2.25. The van der Waals surface area contributed by atoms with Gasteiger partial charge in [0.25, 0.3) is 5.91 Å². The first kappa shape index (κ1) is 25.9. The summed E-state index contributed by atoms with van der Waals surface area (Å²) < 4.78 is 18.2. The van der Waals surface area contributed by atoms with Crippen molar-refractivity contribution < 1.29 is 19.0 Å². The van der Waals surface area contributed by atoms with E-state index in [2.05, 4.69) is 21.2 Å². The number of hydrogen-bond acceptors (Lipinski definition) is 5. The van der Waals surface area contributed by atoms with E-state index in [4.69, 9.17) is 14.2 Å². The SMILES string of the molecule is CCCOc1ccc(/C=C(\C#N)C(=O)Nc2ccc(OCc3ccc(Br)cc3)cc2)cc1OCC. The lowest BCUT2D eigenvalue weighted by Gasteiger charge is -2.12. The Morgan fingerprint density at radius 3 is 2.37 bits per heavy atom. The number of benzene rings is 3. The molecule has 0 heterocycles. The van der Waals surface area contributed by atoms with Gasteiger partial charge in [0.15, 0.2) is 11.5 Å². The van der Waals surface area contributed by atoms with E-state index in [1.807, 2.05) is 44.2 Å². The number of nitrogens with zero attached hydrogens (tertiary/aromatic N) is 1. The molecule has 0 fully saturated rings. The van der Waals surface area contributed by atoms with Crippen molar-refractivity contribution in [3.63, 3.8) is 0 Å². The molecular weight excluding hydrogens is 508 g/mol. The average molecular weight is 535 g/mol. The Hall–Kier alpha value is -3.76. The molecule has 0 unspecified atom stereocenters. The van der Waals surface area contributed by atoms with Crippen LogP contribution in [0, 0.1) is 11.3 Å². The van der Waals surface area contributed by atoms with E-state index in [1.165, 1.54) is 6.08 Å². The number of halogens is 1. The van der Waals surface area contributed by atoms with E-state index in [0.717, 1.165) is 16.5 Å². The molecule has 0 aliphatic carbocycles. The molecule has 35 heavy (non-hydrogen) atoms. The summed E-state index contributed by atoms with van der Waals surface area (Å²) in [7, 11) is 0. The zero-order valence-corrected chi connectivity index (χ0v) is 21.3. The van der Waals surface area contributed by atoms with Crippen LogP contribution in [0.2, 0.25) is 0 Å². The molecule has 1 N–H and O–H groups in total. The topological polar surface area (TPSA) is 80.6 Å². The number of anilines is 1. The van der Waals surface area contributed by atoms with Crippen molar-refractivity contribution in [3.8, 4) is 23.3 Å². The molecule has 0 saturated carbocycles. The van der Waals surface area contributed by atoms with Gasteiger partial charge in [0.05, 0.1) is 13.2 Å². The summed E-state index contributed by atoms with van der Waals surface area (Å²) in [6.07, 6.45) is 2.40. The molecule has 6 nitrogen and oxygen atoms in total. The molecule has 0 aliphatic rings. The smallest absolute Gasteiger partial charge is 0.266 e. The fourth-order valence-electron chi connectivity index (χ4n) is 3.11. The second-order valence-electron chi connectivity index (χ2n) is 7.55. The number of rotatable bonds is 11. The van der Waals surface area contributed by atoms with Crippen molar-refractivity contribution in [2.45, 2.75) is 26.9 Å². The van der Waals surface area contributed by atoms with Crippen molar-refractivity contribution >= 4 is 33.6 Å². The molecular formula is C28H27BrN2O4. The Labute approximate surface area is 214 Å². The highest BCUT2D eigenvalue weighted by Crippen LogP contribution is 2.29. The maximum absolute atomic E-state index is 12.7. The summed E-state index contributed by atoms with van der Waals surface area (Å²) >= 11 is 3.41. The lowest BCUT2D eigenvalue weighted by molar-refractivity contribution is -0.112. The van der Waals surface area contributed by atoms with Crippen LogP contribution in [-0.4, -0.2) is 19.1 Å². The zero-order valence-electron chi connectivity index (χ0n) is 19.7. The minimum Gasteiger partial charge on any atom is -0.490 e. The van der Waals surface area contributed by atoms with Gasteiger partial charge in [0, 0.05) is 10.2 Å². The van der Waals surface area contributed by atoms with E-state index in [9.17, 15) is 10.1 Å². The van der Waals surface area contributed by atoms with Crippen LogP contribution in [0.4, 0.5) is 5.69 Å². The van der Waals surface area contributed by atoms with Crippen LogP contribution in [0.15, 0.2) is 76.8 Å². The highest BCUT2D eigenvalue weighted by molar-refractivity contribution is 9.10. The summed E-state index contributed by atoms with van der Waals surface area (Å²) in [6, 6.07) is 22.2. The number of amides is 1. The molecule has 0 bridgehead atoms. The number of carbonyl (C=O) groups excluding carboxylic acids is 1. The molecule has 0 atom stereocenters. The van der Waals surface area contributed by atoms with Gasteiger partial charge in [-0.1, -0.05) is 41.1 Å². The van der Waals surface area contributed by atoms with E-state index >= 15 is 0 Å². The Kier molecular flexibility index (Phi) is 9.76. The number of ether oxygens (including phenoxy) is 3. The van der Waals surface area contributed by atoms with Crippen LogP contribution in [0.5, 0.6) is 17.2 Å². The minimum atomic E-state index is -0.500. The largest absolute Gasteiger partial charge is 0.490 e. The monoisotopic (exact) mass is 534 g/mol. The number of nitriles is 1. The van der Waals surface area contributed by atoms with Gasteiger partial charge in [-0.25, -0.2) is 0 Å². The van der Waals surface area contributed by atoms with Gasteiger partial charge in [0.1, 0.15) is 24.0 Å². The van der Waals surface area contributed by atoms with E-state index < -0.39 is 5.91 Å². The maximum Gasteiger partial charge on any atom is 0.266 e. The third-order valence-corrected chi connectivity index (χ3v) is 5.36. The standard InChI is InChI=1S/C28H27BrN2O4/c1-3-15-34-26-14-7-21(17-27(26)33-4-2)16-22(18-30)28(32)31-24-10-12-25(13-11-24)35-19-20-5-8-23(29)9-6-20/h5-14,16-17H,3-4,15,19H2,1-2H3,(H,31,32)/b22-16+. The summed E-state index contributed by atoms with van der Waals surface area (Å²) in [6.45, 7) is 5.41. The molecule has 0 spiro atoms. The number of carbonyl (C=O) groups is 1. The number of nitrogens with one attached hydrogen (secondary N) is 1. The second kappa shape index (κ2) is 13.2. The van der Waals surface area contributed by atoms with E-state index in [1.54, 1.807) is 42.5 Å². The Bertz CT molecular complexity index is 1200. The lowest BCUT2D eigenvalue weighted by Crippen LogP contribution is -2.13. The Morgan fingerprint density at radius 2 is 1.71 bits per heavy atom. The molecule has 3 aromatic carbocycles. The molecule has 0 saturated heterocycles. The number of hydrogen-bond donors (Lipinski definition) is 1. The van der Waals surface area contributed by atoms with Gasteiger partial charge >= 0.3 is 0 Å². The van der Waals surface area contributed by atoms with Gasteiger partial charge in [-0.15, -0.1) is 0 Å². The van der Waals surface area contributed by atoms with Gasteiger partial charge in [0.2, 0.25) is 0 Å². The molecule has 180 valence electrons. The quantitative estimate of drug-likeness (QED) is 0.217. The first-order valence-electron chi connectivity index (χ1n) is 11.3. The van der Waals surface area contributed by atoms with Gasteiger partial charge in [-0.3, -0.25) is 4.79 Å². The fourth-order valence-corrected chi connectivity index (χ4v) is 3.37. The predicted octanol–water partition coefficient (Wildman–Crippen LogP) is 6.76. The minimum absolute atomic E-state index is 0.0229. The second-order valence-corrected chi connectivity index (χ2v) is 8.47. The predicted molar refractivity (Wildman–Crippen MR) is 141 cm³/mol. The van der Waals surface area contributed by atoms with Crippen molar-refractivity contribution in [1.29, 1.82) is 5.26 Å². The summed E-state index contributed by atoms with van der Waals surface area (Å²) in [5.74, 6) is 1.39. The third kappa shape index (κ3) is 7.90. The molecule has 1 amide bonds. The highest BCUT2D eigenvalue weighted by atomic mass is 79.9.